The summed E-state index contributed by atoms with van der Waals surface area (Å²) in [5.74, 6) is -0.137. The summed E-state index contributed by atoms with van der Waals surface area (Å²) < 4.78 is 15.8. The van der Waals surface area contributed by atoms with E-state index in [0.29, 0.717) is 30.7 Å². The number of nitrogens with one attached hydrogen (secondary N) is 1. The summed E-state index contributed by atoms with van der Waals surface area (Å²) in [4.78, 5) is 29.9. The Morgan fingerprint density at radius 2 is 2.06 bits per heavy atom. The Morgan fingerprint density at radius 3 is 2.87 bits per heavy atom. The molecule has 0 saturated carbocycles. The standard InChI is InChI=1S/C24H24N2O5/c1-29-13-11-25-21(27)15-31-24(28)22-18-8-2-3-10-20(18)26-23-16(6-4-9-19(22)23)14-17-7-5-12-30-17/h2-3,5,7-8,10,12,14H,4,6,9,11,13,15H2,1H3,(H,25,27)/b16-14+. The van der Waals surface area contributed by atoms with Crippen LogP contribution in [0.5, 0.6) is 0 Å². The number of methoxy groups -OCH3 is 1. The molecule has 0 unspecified atom stereocenters. The lowest BCUT2D eigenvalue weighted by molar-refractivity contribution is -0.124. The molecular weight excluding hydrogens is 396 g/mol. The molecule has 7 nitrogen and oxygen atoms in total. The van der Waals surface area contributed by atoms with E-state index in [2.05, 4.69) is 5.32 Å². The first kappa shape index (κ1) is 20.8. The highest BCUT2D eigenvalue weighted by Gasteiger charge is 2.26. The van der Waals surface area contributed by atoms with E-state index < -0.39 is 5.97 Å². The van der Waals surface area contributed by atoms with Crippen LogP contribution >= 0.6 is 0 Å². The Labute approximate surface area is 180 Å². The average Bonchev–Trinajstić information content (AvgIpc) is 3.29. The molecule has 0 bridgehead atoms. The number of furan rings is 1. The van der Waals surface area contributed by atoms with Crippen molar-refractivity contribution < 1.29 is 23.5 Å². The van der Waals surface area contributed by atoms with Crippen molar-refractivity contribution in [1.29, 1.82) is 0 Å². The quantitative estimate of drug-likeness (QED) is 0.464. The van der Waals surface area contributed by atoms with Gasteiger partial charge in [0.1, 0.15) is 5.76 Å². The van der Waals surface area contributed by atoms with Crippen molar-refractivity contribution in [2.75, 3.05) is 26.9 Å². The third-order valence-corrected chi connectivity index (χ3v) is 5.20. The molecule has 1 aliphatic carbocycles. The van der Waals surface area contributed by atoms with Crippen LogP contribution in [0.25, 0.3) is 22.6 Å². The molecule has 1 aromatic carbocycles. The van der Waals surface area contributed by atoms with Crippen LogP contribution in [0, 0.1) is 0 Å². The first-order chi connectivity index (χ1) is 15.2. The van der Waals surface area contributed by atoms with Crippen LogP contribution in [-0.2, 0) is 20.7 Å². The minimum Gasteiger partial charge on any atom is -0.465 e. The number of pyridine rings is 1. The zero-order valence-electron chi connectivity index (χ0n) is 17.3. The molecular formula is C24H24N2O5. The highest BCUT2D eigenvalue weighted by Crippen LogP contribution is 2.36. The molecule has 4 rings (SSSR count). The van der Waals surface area contributed by atoms with E-state index in [-0.39, 0.29) is 12.5 Å². The molecule has 0 spiro atoms. The third-order valence-electron chi connectivity index (χ3n) is 5.20. The number of aromatic nitrogens is 1. The van der Waals surface area contributed by atoms with Crippen LogP contribution in [0.1, 0.15) is 40.2 Å². The number of amides is 1. The fourth-order valence-corrected chi connectivity index (χ4v) is 3.80. The number of carbonyl (C=O) groups is 2. The van der Waals surface area contributed by atoms with Gasteiger partial charge in [-0.2, -0.15) is 0 Å². The maximum absolute atomic E-state index is 13.1. The van der Waals surface area contributed by atoms with E-state index in [1.165, 1.54) is 0 Å². The van der Waals surface area contributed by atoms with E-state index >= 15 is 0 Å². The number of rotatable bonds is 7. The van der Waals surface area contributed by atoms with Gasteiger partial charge in [-0.05, 0) is 54.7 Å². The van der Waals surface area contributed by atoms with Crippen molar-refractivity contribution >= 4 is 34.4 Å². The SMILES string of the molecule is COCCNC(=O)COC(=O)c1c2c(nc3ccccc13)/C(=C/c1ccco1)CCC2. The number of benzene rings is 1. The molecule has 0 fully saturated rings. The molecule has 1 amide bonds. The Morgan fingerprint density at radius 1 is 1.19 bits per heavy atom. The number of carbonyl (C=O) groups excluding carboxylic acids is 2. The van der Waals surface area contributed by atoms with Crippen molar-refractivity contribution in [3.63, 3.8) is 0 Å². The van der Waals surface area contributed by atoms with Crippen molar-refractivity contribution in [1.82, 2.24) is 10.3 Å². The molecule has 3 aromatic rings. The maximum Gasteiger partial charge on any atom is 0.339 e. The van der Waals surface area contributed by atoms with E-state index in [1.807, 2.05) is 42.5 Å². The van der Waals surface area contributed by atoms with Gasteiger partial charge in [0.25, 0.3) is 5.91 Å². The second-order valence-electron chi connectivity index (χ2n) is 7.29. The molecule has 0 atom stereocenters. The molecule has 7 heteroatoms. The summed E-state index contributed by atoms with van der Waals surface area (Å²) in [6.45, 7) is 0.414. The maximum atomic E-state index is 13.1. The molecule has 0 saturated heterocycles. The predicted octanol–water partition coefficient (Wildman–Crippen LogP) is 3.62. The minimum absolute atomic E-state index is 0.344. The summed E-state index contributed by atoms with van der Waals surface area (Å²) in [5.41, 5.74) is 3.86. The molecule has 1 N–H and O–H groups in total. The van der Waals surface area contributed by atoms with Crippen LogP contribution in [0.4, 0.5) is 0 Å². The van der Waals surface area contributed by atoms with Crippen LogP contribution < -0.4 is 5.32 Å². The zero-order valence-corrected chi connectivity index (χ0v) is 17.3. The summed E-state index contributed by atoms with van der Waals surface area (Å²) in [6.07, 6.45) is 6.04. The van der Waals surface area contributed by atoms with Gasteiger partial charge >= 0.3 is 5.97 Å². The Bertz CT molecular complexity index is 1120. The molecule has 0 radical (unpaired) electrons. The number of para-hydroxylation sites is 1. The first-order valence-corrected chi connectivity index (χ1v) is 10.3. The topological polar surface area (TPSA) is 90.7 Å². The van der Waals surface area contributed by atoms with Gasteiger partial charge in [0.15, 0.2) is 6.61 Å². The normalized spacial score (nSPS) is 14.4. The van der Waals surface area contributed by atoms with Crippen LogP contribution in [0.2, 0.25) is 0 Å². The van der Waals surface area contributed by atoms with Gasteiger partial charge in [-0.1, -0.05) is 18.2 Å². The highest BCUT2D eigenvalue weighted by atomic mass is 16.5. The van der Waals surface area contributed by atoms with Gasteiger partial charge in [-0.25, -0.2) is 9.78 Å². The molecule has 2 aromatic heterocycles. The lowest BCUT2D eigenvalue weighted by Crippen LogP contribution is -2.31. The van der Waals surface area contributed by atoms with Gasteiger partial charge in [0.2, 0.25) is 0 Å². The lowest BCUT2D eigenvalue weighted by Gasteiger charge is -2.22. The van der Waals surface area contributed by atoms with Crippen molar-refractivity contribution in [2.24, 2.45) is 0 Å². The van der Waals surface area contributed by atoms with E-state index in [1.54, 1.807) is 13.4 Å². The third kappa shape index (κ3) is 4.67. The van der Waals surface area contributed by atoms with E-state index in [4.69, 9.17) is 18.9 Å². The van der Waals surface area contributed by atoms with Gasteiger partial charge in [0, 0.05) is 19.0 Å². The second kappa shape index (κ2) is 9.57. The Hall–Kier alpha value is -3.45. The molecule has 2 heterocycles. The van der Waals surface area contributed by atoms with Gasteiger partial charge in [0.05, 0.1) is 29.6 Å². The summed E-state index contributed by atoms with van der Waals surface area (Å²) >= 11 is 0. The molecule has 160 valence electrons. The second-order valence-corrected chi connectivity index (χ2v) is 7.29. The number of nitrogens with zero attached hydrogens (tertiary/aromatic N) is 1. The Balaban J connectivity index is 1.68. The number of allylic oxidation sites excluding steroid dienone is 1. The number of ether oxygens (including phenoxy) is 2. The summed E-state index contributed by atoms with van der Waals surface area (Å²) in [5, 5.41) is 3.38. The Kier molecular flexibility index (Phi) is 6.43. The smallest absolute Gasteiger partial charge is 0.339 e. The van der Waals surface area contributed by atoms with Gasteiger partial charge in [-0.15, -0.1) is 0 Å². The van der Waals surface area contributed by atoms with Crippen LogP contribution in [-0.4, -0.2) is 43.7 Å². The predicted molar refractivity (Wildman–Crippen MR) is 116 cm³/mol. The fraction of sp³-hybridized carbons (Fsp3) is 0.292. The van der Waals surface area contributed by atoms with E-state index in [0.717, 1.165) is 40.8 Å². The fourth-order valence-electron chi connectivity index (χ4n) is 3.80. The lowest BCUT2D eigenvalue weighted by atomic mass is 9.86. The minimum atomic E-state index is -0.518. The van der Waals surface area contributed by atoms with Crippen molar-refractivity contribution in [2.45, 2.75) is 19.3 Å². The number of fused-ring (bicyclic) bond motifs is 2. The molecule has 31 heavy (non-hydrogen) atoms. The number of hydrogen-bond donors (Lipinski definition) is 1. The number of hydrogen-bond acceptors (Lipinski definition) is 6. The van der Waals surface area contributed by atoms with Crippen LogP contribution in [0.3, 0.4) is 0 Å². The largest absolute Gasteiger partial charge is 0.465 e. The summed E-state index contributed by atoms with van der Waals surface area (Å²) in [6, 6.07) is 11.2. The van der Waals surface area contributed by atoms with Crippen molar-refractivity contribution in [3.05, 3.63) is 65.2 Å². The first-order valence-electron chi connectivity index (χ1n) is 10.3. The van der Waals surface area contributed by atoms with Gasteiger partial charge in [-0.3, -0.25) is 4.79 Å². The van der Waals surface area contributed by atoms with Crippen LogP contribution in [0.15, 0.2) is 47.1 Å². The van der Waals surface area contributed by atoms with Gasteiger partial charge < -0.3 is 19.2 Å². The molecule has 0 aliphatic heterocycles. The molecule has 1 aliphatic rings. The highest BCUT2D eigenvalue weighted by molar-refractivity contribution is 6.07. The number of esters is 1. The average molecular weight is 420 g/mol. The van der Waals surface area contributed by atoms with E-state index in [9.17, 15) is 9.59 Å². The monoisotopic (exact) mass is 420 g/mol. The zero-order chi connectivity index (χ0) is 21.6. The summed E-state index contributed by atoms with van der Waals surface area (Å²) in [7, 11) is 1.55. The van der Waals surface area contributed by atoms with Crippen molar-refractivity contribution in [3.8, 4) is 0 Å².